The average Bonchev–Trinajstić information content (AvgIpc) is 2.40. The van der Waals surface area contributed by atoms with E-state index >= 15 is 0 Å². The largest absolute Gasteiger partial charge is 0.394 e. The standard InChI is InChI=1S/C15H22ClNO3/c16-14-5-2-1-4-12(14)9-20-10-13(19)8-17-15(11-18)6-3-7-15/h1-2,4-5,13,17-19H,3,6-11H2. The second-order valence-electron chi connectivity index (χ2n) is 5.43. The zero-order valence-electron chi connectivity index (χ0n) is 11.5. The van der Waals surface area contributed by atoms with Crippen molar-refractivity contribution >= 4 is 11.6 Å². The van der Waals surface area contributed by atoms with Crippen LogP contribution in [0.25, 0.3) is 0 Å². The molecule has 1 saturated carbocycles. The zero-order valence-corrected chi connectivity index (χ0v) is 12.3. The third-order valence-corrected chi connectivity index (χ3v) is 4.22. The van der Waals surface area contributed by atoms with E-state index in [4.69, 9.17) is 16.3 Å². The van der Waals surface area contributed by atoms with E-state index in [1.165, 1.54) is 0 Å². The van der Waals surface area contributed by atoms with E-state index in [1.807, 2.05) is 24.3 Å². The van der Waals surface area contributed by atoms with Crippen molar-refractivity contribution < 1.29 is 14.9 Å². The summed E-state index contributed by atoms with van der Waals surface area (Å²) in [5.74, 6) is 0. The van der Waals surface area contributed by atoms with Crippen LogP contribution < -0.4 is 5.32 Å². The summed E-state index contributed by atoms with van der Waals surface area (Å²) in [6, 6.07) is 7.50. The van der Waals surface area contributed by atoms with Gasteiger partial charge in [-0.15, -0.1) is 0 Å². The van der Waals surface area contributed by atoms with Gasteiger partial charge in [-0.3, -0.25) is 0 Å². The van der Waals surface area contributed by atoms with Crippen LogP contribution in [-0.4, -0.2) is 41.6 Å². The molecule has 20 heavy (non-hydrogen) atoms. The number of nitrogens with one attached hydrogen (secondary N) is 1. The molecule has 0 amide bonds. The molecule has 0 aromatic heterocycles. The van der Waals surface area contributed by atoms with E-state index in [0.29, 0.717) is 18.2 Å². The van der Waals surface area contributed by atoms with Crippen LogP contribution in [0.2, 0.25) is 5.02 Å². The minimum atomic E-state index is -0.582. The minimum absolute atomic E-state index is 0.125. The van der Waals surface area contributed by atoms with E-state index in [9.17, 15) is 10.2 Å². The number of hydrogen-bond donors (Lipinski definition) is 3. The van der Waals surface area contributed by atoms with Gasteiger partial charge in [-0.1, -0.05) is 29.8 Å². The maximum Gasteiger partial charge on any atom is 0.0898 e. The fourth-order valence-electron chi connectivity index (χ4n) is 2.31. The van der Waals surface area contributed by atoms with Gasteiger partial charge < -0.3 is 20.3 Å². The van der Waals surface area contributed by atoms with Gasteiger partial charge in [0.1, 0.15) is 0 Å². The van der Waals surface area contributed by atoms with Crippen molar-refractivity contribution in [3.05, 3.63) is 34.9 Å². The molecular weight excluding hydrogens is 278 g/mol. The Kier molecular flexibility index (Phi) is 5.81. The predicted molar refractivity (Wildman–Crippen MR) is 78.8 cm³/mol. The highest BCUT2D eigenvalue weighted by molar-refractivity contribution is 6.31. The van der Waals surface area contributed by atoms with Crippen molar-refractivity contribution in [2.75, 3.05) is 19.8 Å². The second-order valence-corrected chi connectivity index (χ2v) is 5.84. The van der Waals surface area contributed by atoms with Crippen LogP contribution in [-0.2, 0) is 11.3 Å². The molecule has 1 atom stereocenters. The summed E-state index contributed by atoms with van der Waals surface area (Å²) < 4.78 is 5.48. The number of benzene rings is 1. The summed E-state index contributed by atoms with van der Waals surface area (Å²) in [6.45, 7) is 1.20. The van der Waals surface area contributed by atoms with Crippen LogP contribution >= 0.6 is 11.6 Å². The molecule has 0 heterocycles. The fraction of sp³-hybridized carbons (Fsp3) is 0.600. The summed E-state index contributed by atoms with van der Waals surface area (Å²) >= 11 is 6.02. The molecule has 5 heteroatoms. The first-order valence-electron chi connectivity index (χ1n) is 7.00. The van der Waals surface area contributed by atoms with E-state index in [2.05, 4.69) is 5.32 Å². The second kappa shape index (κ2) is 7.38. The van der Waals surface area contributed by atoms with Crippen molar-refractivity contribution in [3.63, 3.8) is 0 Å². The molecule has 1 unspecified atom stereocenters. The van der Waals surface area contributed by atoms with Crippen molar-refractivity contribution in [2.24, 2.45) is 0 Å². The molecule has 0 aliphatic heterocycles. The van der Waals surface area contributed by atoms with Crippen LogP contribution in [0.4, 0.5) is 0 Å². The number of aliphatic hydroxyl groups is 2. The molecule has 0 saturated heterocycles. The Morgan fingerprint density at radius 1 is 1.35 bits per heavy atom. The lowest BCUT2D eigenvalue weighted by atomic mass is 9.77. The number of hydrogen-bond acceptors (Lipinski definition) is 4. The maximum atomic E-state index is 9.87. The molecule has 0 bridgehead atoms. The van der Waals surface area contributed by atoms with Gasteiger partial charge in [0.25, 0.3) is 0 Å². The van der Waals surface area contributed by atoms with Crippen LogP contribution in [0.15, 0.2) is 24.3 Å². The highest BCUT2D eigenvalue weighted by atomic mass is 35.5. The molecule has 2 rings (SSSR count). The first-order chi connectivity index (χ1) is 9.65. The van der Waals surface area contributed by atoms with E-state index in [-0.39, 0.29) is 18.8 Å². The van der Waals surface area contributed by atoms with Crippen LogP contribution in [0.1, 0.15) is 24.8 Å². The third-order valence-electron chi connectivity index (χ3n) is 3.85. The molecule has 1 aromatic carbocycles. The molecule has 4 nitrogen and oxygen atoms in total. The average molecular weight is 300 g/mol. The van der Waals surface area contributed by atoms with Gasteiger partial charge >= 0.3 is 0 Å². The molecule has 0 radical (unpaired) electrons. The Labute approximate surface area is 124 Å². The number of rotatable bonds is 8. The lowest BCUT2D eigenvalue weighted by Gasteiger charge is -2.41. The van der Waals surface area contributed by atoms with Crippen molar-refractivity contribution in [1.82, 2.24) is 5.32 Å². The zero-order chi connectivity index (χ0) is 14.4. The van der Waals surface area contributed by atoms with Gasteiger partial charge in [-0.25, -0.2) is 0 Å². The van der Waals surface area contributed by atoms with Crippen molar-refractivity contribution in [1.29, 1.82) is 0 Å². The summed E-state index contributed by atoms with van der Waals surface area (Å²) in [4.78, 5) is 0. The lowest BCUT2D eigenvalue weighted by Crippen LogP contribution is -2.56. The fourth-order valence-corrected chi connectivity index (χ4v) is 2.50. The Morgan fingerprint density at radius 3 is 2.70 bits per heavy atom. The Balaban J connectivity index is 1.65. The highest BCUT2D eigenvalue weighted by Gasteiger charge is 2.35. The maximum absolute atomic E-state index is 9.87. The van der Waals surface area contributed by atoms with Gasteiger partial charge in [0, 0.05) is 17.1 Å². The van der Waals surface area contributed by atoms with Gasteiger partial charge in [0.05, 0.1) is 25.9 Å². The van der Waals surface area contributed by atoms with E-state index in [1.54, 1.807) is 0 Å². The number of aliphatic hydroxyl groups excluding tert-OH is 2. The third kappa shape index (κ3) is 4.17. The molecule has 0 spiro atoms. The highest BCUT2D eigenvalue weighted by Crippen LogP contribution is 2.30. The first kappa shape index (κ1) is 15.7. The Hall–Kier alpha value is -0.650. The SMILES string of the molecule is OCC1(NCC(O)COCc2ccccc2Cl)CCC1. The molecule has 1 fully saturated rings. The molecule has 1 aliphatic carbocycles. The first-order valence-corrected chi connectivity index (χ1v) is 7.38. The quantitative estimate of drug-likeness (QED) is 0.684. The lowest BCUT2D eigenvalue weighted by molar-refractivity contribution is 0.0134. The topological polar surface area (TPSA) is 61.7 Å². The van der Waals surface area contributed by atoms with Crippen LogP contribution in [0, 0.1) is 0 Å². The molecule has 1 aliphatic rings. The van der Waals surface area contributed by atoms with Gasteiger partial charge in [0.15, 0.2) is 0 Å². The number of ether oxygens (including phenoxy) is 1. The van der Waals surface area contributed by atoms with Gasteiger partial charge in [-0.2, -0.15) is 0 Å². The monoisotopic (exact) mass is 299 g/mol. The molecule has 1 aromatic rings. The smallest absolute Gasteiger partial charge is 0.0898 e. The molecule has 112 valence electrons. The Bertz CT molecular complexity index is 418. The van der Waals surface area contributed by atoms with Gasteiger partial charge in [0.2, 0.25) is 0 Å². The molecule has 3 N–H and O–H groups in total. The van der Waals surface area contributed by atoms with Crippen LogP contribution in [0.3, 0.4) is 0 Å². The number of β-amino-alcohol motifs (C(OH)–C–C–N with tert-alkyl or cyclic N) is 1. The van der Waals surface area contributed by atoms with Gasteiger partial charge in [-0.05, 0) is 30.9 Å². The van der Waals surface area contributed by atoms with E-state index in [0.717, 1.165) is 24.8 Å². The number of halogens is 1. The van der Waals surface area contributed by atoms with Crippen LogP contribution in [0.5, 0.6) is 0 Å². The summed E-state index contributed by atoms with van der Waals surface area (Å²) in [5, 5.41) is 23.1. The van der Waals surface area contributed by atoms with Crippen molar-refractivity contribution in [2.45, 2.75) is 37.5 Å². The Morgan fingerprint density at radius 2 is 2.10 bits per heavy atom. The van der Waals surface area contributed by atoms with E-state index < -0.39 is 6.10 Å². The predicted octanol–water partition coefficient (Wildman–Crippen LogP) is 1.72. The molecular formula is C15H22ClNO3. The van der Waals surface area contributed by atoms with Crippen molar-refractivity contribution in [3.8, 4) is 0 Å². The minimum Gasteiger partial charge on any atom is -0.394 e. The summed E-state index contributed by atoms with van der Waals surface area (Å²) in [6.07, 6.45) is 2.49. The normalized spacial score (nSPS) is 18.6. The summed E-state index contributed by atoms with van der Waals surface area (Å²) in [7, 11) is 0. The summed E-state index contributed by atoms with van der Waals surface area (Å²) in [5.41, 5.74) is 0.740.